The number of pyridine rings is 1. The summed E-state index contributed by atoms with van der Waals surface area (Å²) in [5.74, 6) is 0.314. The lowest BCUT2D eigenvalue weighted by atomic mass is 9.96. The van der Waals surface area contributed by atoms with Crippen molar-refractivity contribution in [2.75, 3.05) is 31.0 Å². The average molecular weight is 592 g/mol. The molecule has 11 heteroatoms. The highest BCUT2D eigenvalue weighted by Gasteiger charge is 2.42. The number of aromatic nitrogens is 2. The number of nitrogens with one attached hydrogen (secondary N) is 2. The summed E-state index contributed by atoms with van der Waals surface area (Å²) in [6.07, 6.45) is 1.75. The Morgan fingerprint density at radius 3 is 2.66 bits per heavy atom. The predicted molar refractivity (Wildman–Crippen MR) is 163 cm³/mol. The summed E-state index contributed by atoms with van der Waals surface area (Å²) in [6, 6.07) is 17.7. The van der Waals surface area contributed by atoms with E-state index in [-0.39, 0.29) is 30.3 Å². The molecule has 41 heavy (non-hydrogen) atoms. The first kappa shape index (κ1) is 28.4. The normalized spacial score (nSPS) is 16.5. The fourth-order valence-corrected chi connectivity index (χ4v) is 5.86. The van der Waals surface area contributed by atoms with Gasteiger partial charge in [0.15, 0.2) is 5.11 Å². The molecule has 0 spiro atoms. The van der Waals surface area contributed by atoms with E-state index in [0.717, 1.165) is 28.3 Å². The van der Waals surface area contributed by atoms with Crippen molar-refractivity contribution < 1.29 is 19.4 Å². The summed E-state index contributed by atoms with van der Waals surface area (Å²) in [5, 5.41) is 18.1. The first-order chi connectivity index (χ1) is 19.7. The second-order valence-electron chi connectivity index (χ2n) is 9.66. The van der Waals surface area contributed by atoms with Crippen LogP contribution in [0.4, 0.5) is 11.4 Å². The van der Waals surface area contributed by atoms with Crippen molar-refractivity contribution in [3.63, 3.8) is 0 Å². The first-order valence-corrected chi connectivity index (χ1v) is 13.7. The van der Waals surface area contributed by atoms with Crippen molar-refractivity contribution in [3.05, 3.63) is 94.5 Å². The molecular formula is C30H30ClN5O4S. The largest absolute Gasteiger partial charge is 0.506 e. The number of rotatable bonds is 8. The molecule has 1 saturated heterocycles. The maximum Gasteiger partial charge on any atom is 0.250 e. The molecule has 4 aromatic rings. The number of phenolic OH excluding ortho intramolecular Hbond substituents is 1. The van der Waals surface area contributed by atoms with Crippen molar-refractivity contribution in [2.24, 2.45) is 0 Å². The molecule has 3 heterocycles. The van der Waals surface area contributed by atoms with Gasteiger partial charge in [0.1, 0.15) is 18.1 Å². The zero-order valence-corrected chi connectivity index (χ0v) is 24.6. The van der Waals surface area contributed by atoms with Gasteiger partial charge in [0.05, 0.1) is 36.3 Å². The number of methoxy groups -OCH3 is 2. The number of aryl methyl sites for hydroxylation is 1. The summed E-state index contributed by atoms with van der Waals surface area (Å²) in [5.41, 5.74) is 5.44. The monoisotopic (exact) mass is 591 g/mol. The van der Waals surface area contributed by atoms with Crippen LogP contribution in [-0.4, -0.2) is 46.5 Å². The minimum absolute atomic E-state index is 0.0935. The highest BCUT2D eigenvalue weighted by Crippen LogP contribution is 2.45. The van der Waals surface area contributed by atoms with Crippen LogP contribution in [0, 0.1) is 13.8 Å². The Morgan fingerprint density at radius 2 is 1.95 bits per heavy atom. The lowest BCUT2D eigenvalue weighted by Crippen LogP contribution is -2.29. The van der Waals surface area contributed by atoms with Crippen LogP contribution >= 0.6 is 23.8 Å². The van der Waals surface area contributed by atoms with E-state index in [4.69, 9.17) is 33.3 Å². The Labute approximate surface area is 248 Å². The zero-order valence-electron chi connectivity index (χ0n) is 23.0. The van der Waals surface area contributed by atoms with Crippen molar-refractivity contribution in [2.45, 2.75) is 25.9 Å². The van der Waals surface area contributed by atoms with Gasteiger partial charge in [0.25, 0.3) is 0 Å². The molecule has 0 aliphatic carbocycles. The number of carbonyl (C=O) groups is 1. The molecule has 2 aromatic heterocycles. The highest BCUT2D eigenvalue weighted by atomic mass is 35.5. The van der Waals surface area contributed by atoms with E-state index in [1.165, 1.54) is 7.11 Å². The highest BCUT2D eigenvalue weighted by molar-refractivity contribution is 7.80. The van der Waals surface area contributed by atoms with Gasteiger partial charge in [0, 0.05) is 35.4 Å². The minimum atomic E-state index is -0.324. The van der Waals surface area contributed by atoms with Crippen LogP contribution in [0.15, 0.2) is 66.9 Å². The molecule has 2 aromatic carbocycles. The molecule has 5 rings (SSSR count). The number of nitrogens with zero attached hydrogens (tertiary/aromatic N) is 3. The quantitative estimate of drug-likeness (QED) is 0.227. The van der Waals surface area contributed by atoms with E-state index in [1.54, 1.807) is 37.6 Å². The Morgan fingerprint density at radius 1 is 1.15 bits per heavy atom. The maximum atomic E-state index is 12.4. The number of anilines is 2. The molecule has 1 aliphatic heterocycles. The van der Waals surface area contributed by atoms with Crippen LogP contribution < -0.4 is 20.3 Å². The third-order valence-corrected chi connectivity index (χ3v) is 7.63. The summed E-state index contributed by atoms with van der Waals surface area (Å²) in [7, 11) is 3.01. The lowest BCUT2D eigenvalue weighted by Gasteiger charge is -2.29. The number of benzene rings is 2. The molecule has 1 aliphatic rings. The second kappa shape index (κ2) is 11.8. The number of halogens is 1. The van der Waals surface area contributed by atoms with Gasteiger partial charge >= 0.3 is 0 Å². The number of ether oxygens (including phenoxy) is 2. The molecule has 1 amide bonds. The van der Waals surface area contributed by atoms with Gasteiger partial charge in [-0.1, -0.05) is 17.7 Å². The van der Waals surface area contributed by atoms with Crippen LogP contribution in [0.5, 0.6) is 11.5 Å². The zero-order chi connectivity index (χ0) is 29.3. The Bertz CT molecular complexity index is 1610. The minimum Gasteiger partial charge on any atom is -0.506 e. The summed E-state index contributed by atoms with van der Waals surface area (Å²) in [6.45, 7) is 3.89. The summed E-state index contributed by atoms with van der Waals surface area (Å²) in [4.78, 5) is 19.0. The molecule has 0 bridgehead atoms. The number of thiocarbonyl (C=S) groups is 1. The van der Waals surface area contributed by atoms with Crippen LogP contribution in [0.25, 0.3) is 5.69 Å². The Hall–Kier alpha value is -4.12. The lowest BCUT2D eigenvalue weighted by molar-refractivity contribution is -0.119. The van der Waals surface area contributed by atoms with E-state index in [0.29, 0.717) is 27.3 Å². The van der Waals surface area contributed by atoms with Gasteiger partial charge < -0.3 is 34.7 Å². The van der Waals surface area contributed by atoms with E-state index in [1.807, 2.05) is 53.6 Å². The number of amides is 1. The van der Waals surface area contributed by atoms with E-state index < -0.39 is 0 Å². The third-order valence-electron chi connectivity index (χ3n) is 7.08. The number of hydrogen-bond acceptors (Lipinski definition) is 6. The molecule has 0 unspecified atom stereocenters. The van der Waals surface area contributed by atoms with E-state index in [9.17, 15) is 9.90 Å². The summed E-state index contributed by atoms with van der Waals surface area (Å²) >= 11 is 12.2. The predicted octanol–water partition coefficient (Wildman–Crippen LogP) is 5.62. The van der Waals surface area contributed by atoms with Crippen LogP contribution in [0.3, 0.4) is 0 Å². The Kier molecular flexibility index (Phi) is 8.16. The standard InChI is InChI=1S/C30H30ClN5O4S/c1-17-13-21(18(2)35(17)24-14-19(31)8-10-25(24)37)29-28(22-7-5-6-12-32-22)34-30(41)36(29)20-9-11-26(40-4)23(15-20)33-27(38)16-39-3/h5-15,28-29,37H,16H2,1-4H3,(H,33,38)(H,34,41)/t28-,29-/m1/s1. The van der Waals surface area contributed by atoms with Gasteiger partial charge in [-0.3, -0.25) is 9.78 Å². The average Bonchev–Trinajstić information content (AvgIpc) is 3.45. The van der Waals surface area contributed by atoms with Gasteiger partial charge in [-0.05, 0) is 86.2 Å². The van der Waals surface area contributed by atoms with Gasteiger partial charge in [0.2, 0.25) is 5.91 Å². The van der Waals surface area contributed by atoms with Gasteiger partial charge in [-0.25, -0.2) is 0 Å². The molecule has 0 saturated carbocycles. The van der Waals surface area contributed by atoms with E-state index in [2.05, 4.69) is 21.7 Å². The van der Waals surface area contributed by atoms with Crippen molar-refractivity contribution in [1.82, 2.24) is 14.9 Å². The van der Waals surface area contributed by atoms with Crippen molar-refractivity contribution >= 4 is 46.2 Å². The van der Waals surface area contributed by atoms with Crippen molar-refractivity contribution in [3.8, 4) is 17.2 Å². The number of phenols is 1. The van der Waals surface area contributed by atoms with E-state index >= 15 is 0 Å². The second-order valence-corrected chi connectivity index (χ2v) is 10.5. The number of hydrogen-bond donors (Lipinski definition) is 3. The van der Waals surface area contributed by atoms with Gasteiger partial charge in [-0.15, -0.1) is 0 Å². The van der Waals surface area contributed by atoms with Crippen molar-refractivity contribution in [1.29, 1.82) is 0 Å². The SMILES string of the molecule is COCC(=O)Nc1cc(N2C(=S)N[C@H](c3ccccn3)[C@H]2c2cc(C)n(-c3cc(Cl)ccc3O)c2C)ccc1OC. The molecule has 0 radical (unpaired) electrons. The third kappa shape index (κ3) is 5.46. The first-order valence-electron chi connectivity index (χ1n) is 12.9. The van der Waals surface area contributed by atoms with Gasteiger partial charge in [-0.2, -0.15) is 0 Å². The molecule has 2 atom stereocenters. The molecular weight excluding hydrogens is 562 g/mol. The van der Waals surface area contributed by atoms with Crippen LogP contribution in [-0.2, 0) is 9.53 Å². The smallest absolute Gasteiger partial charge is 0.250 e. The van der Waals surface area contributed by atoms with Crippen LogP contribution in [0.2, 0.25) is 5.02 Å². The number of carbonyl (C=O) groups excluding carboxylic acids is 1. The fraction of sp³-hybridized carbons (Fsp3) is 0.233. The van der Waals surface area contributed by atoms with Crippen LogP contribution in [0.1, 0.15) is 34.7 Å². The molecule has 9 nitrogen and oxygen atoms in total. The molecule has 212 valence electrons. The topological polar surface area (TPSA) is 101 Å². The number of aromatic hydroxyl groups is 1. The molecule has 1 fully saturated rings. The maximum absolute atomic E-state index is 12.4. The fourth-order valence-electron chi connectivity index (χ4n) is 5.34. The molecule has 3 N–H and O–H groups in total. The summed E-state index contributed by atoms with van der Waals surface area (Å²) < 4.78 is 12.5. The Balaban J connectivity index is 1.66.